The van der Waals surface area contributed by atoms with Crippen LogP contribution in [0.2, 0.25) is 0 Å². The van der Waals surface area contributed by atoms with Gasteiger partial charge >= 0.3 is 5.97 Å². The lowest BCUT2D eigenvalue weighted by Crippen LogP contribution is -2.24. The van der Waals surface area contributed by atoms with Gasteiger partial charge in [-0.05, 0) is 25.2 Å². The molecule has 0 spiro atoms. The molecule has 13 heavy (non-hydrogen) atoms. The molecule has 1 rings (SSSR count). The van der Waals surface area contributed by atoms with Crippen molar-refractivity contribution in [3.63, 3.8) is 0 Å². The van der Waals surface area contributed by atoms with E-state index >= 15 is 0 Å². The van der Waals surface area contributed by atoms with Crippen LogP contribution >= 0.6 is 0 Å². The van der Waals surface area contributed by atoms with Crippen molar-refractivity contribution < 1.29 is 18.7 Å². The van der Waals surface area contributed by atoms with Crippen LogP contribution in [0.25, 0.3) is 0 Å². The van der Waals surface area contributed by atoms with Crippen molar-refractivity contribution >= 4 is 5.97 Å². The summed E-state index contributed by atoms with van der Waals surface area (Å²) in [5.41, 5.74) is 0. The average Bonchev–Trinajstić information content (AvgIpc) is 2.18. The van der Waals surface area contributed by atoms with E-state index in [1.807, 2.05) is 0 Å². The minimum absolute atomic E-state index is 0.267. The zero-order valence-corrected chi connectivity index (χ0v) is 7.79. The van der Waals surface area contributed by atoms with Crippen LogP contribution < -0.4 is 0 Å². The third-order valence-electron chi connectivity index (χ3n) is 2.34. The van der Waals surface area contributed by atoms with Crippen LogP contribution in [0.1, 0.15) is 19.3 Å². The van der Waals surface area contributed by atoms with Crippen molar-refractivity contribution in [2.45, 2.75) is 25.4 Å². The lowest BCUT2D eigenvalue weighted by atomic mass is 9.94. The van der Waals surface area contributed by atoms with Gasteiger partial charge in [-0.15, -0.1) is 0 Å². The standard InChI is InChI=1S/C9H15FO3/c1-12-9(11)8(10)6-7-2-4-13-5-3-7/h7-8H,2-6H2,1H3. The Bertz CT molecular complexity index is 166. The van der Waals surface area contributed by atoms with Crippen molar-refractivity contribution in [2.24, 2.45) is 5.92 Å². The Morgan fingerprint density at radius 3 is 2.77 bits per heavy atom. The summed E-state index contributed by atoms with van der Waals surface area (Å²) >= 11 is 0. The van der Waals surface area contributed by atoms with Gasteiger partial charge in [0, 0.05) is 13.2 Å². The van der Waals surface area contributed by atoms with Gasteiger partial charge in [0.05, 0.1) is 7.11 Å². The van der Waals surface area contributed by atoms with Gasteiger partial charge in [0.1, 0.15) is 0 Å². The van der Waals surface area contributed by atoms with Gasteiger partial charge in [0.25, 0.3) is 0 Å². The van der Waals surface area contributed by atoms with Gasteiger partial charge in [-0.3, -0.25) is 0 Å². The second-order valence-corrected chi connectivity index (χ2v) is 3.28. The fraction of sp³-hybridized carbons (Fsp3) is 0.889. The highest BCUT2D eigenvalue weighted by Crippen LogP contribution is 2.21. The Balaban J connectivity index is 2.25. The molecule has 0 aromatic rings. The van der Waals surface area contributed by atoms with Gasteiger partial charge in [-0.2, -0.15) is 0 Å². The molecule has 1 aliphatic rings. The van der Waals surface area contributed by atoms with E-state index in [-0.39, 0.29) is 12.3 Å². The van der Waals surface area contributed by atoms with E-state index in [0.29, 0.717) is 13.2 Å². The molecule has 1 unspecified atom stereocenters. The molecule has 1 atom stereocenters. The number of ether oxygens (including phenoxy) is 2. The van der Waals surface area contributed by atoms with Crippen LogP contribution in [-0.4, -0.2) is 32.5 Å². The third-order valence-corrected chi connectivity index (χ3v) is 2.34. The molecule has 0 radical (unpaired) electrons. The summed E-state index contributed by atoms with van der Waals surface area (Å²) in [6.07, 6.45) is 0.498. The maximum absolute atomic E-state index is 13.1. The zero-order chi connectivity index (χ0) is 9.68. The van der Waals surface area contributed by atoms with E-state index in [1.54, 1.807) is 0 Å². The number of hydrogen-bond acceptors (Lipinski definition) is 3. The highest BCUT2D eigenvalue weighted by Gasteiger charge is 2.24. The monoisotopic (exact) mass is 190 g/mol. The molecule has 1 fully saturated rings. The van der Waals surface area contributed by atoms with Crippen LogP contribution in [0.3, 0.4) is 0 Å². The Kier molecular flexibility index (Phi) is 4.15. The number of carbonyl (C=O) groups excluding carboxylic acids is 1. The van der Waals surface area contributed by atoms with Gasteiger partial charge in [0.2, 0.25) is 0 Å². The Hall–Kier alpha value is -0.640. The largest absolute Gasteiger partial charge is 0.467 e. The van der Waals surface area contributed by atoms with E-state index in [4.69, 9.17) is 4.74 Å². The van der Waals surface area contributed by atoms with Crippen molar-refractivity contribution in [1.82, 2.24) is 0 Å². The number of halogens is 1. The van der Waals surface area contributed by atoms with Crippen molar-refractivity contribution in [1.29, 1.82) is 0 Å². The highest BCUT2D eigenvalue weighted by molar-refractivity contribution is 5.74. The normalized spacial score (nSPS) is 21.1. The molecule has 0 saturated carbocycles. The molecule has 0 amide bonds. The summed E-state index contributed by atoms with van der Waals surface area (Å²) in [5, 5.41) is 0. The predicted octanol–water partition coefficient (Wildman–Crippen LogP) is 1.31. The number of methoxy groups -OCH3 is 1. The van der Waals surface area contributed by atoms with Crippen LogP contribution in [-0.2, 0) is 14.3 Å². The molecule has 3 nitrogen and oxygen atoms in total. The van der Waals surface area contributed by atoms with Crippen LogP contribution in [0.15, 0.2) is 0 Å². The van der Waals surface area contributed by atoms with Crippen LogP contribution in [0, 0.1) is 5.92 Å². The van der Waals surface area contributed by atoms with Crippen LogP contribution in [0.4, 0.5) is 4.39 Å². The topological polar surface area (TPSA) is 35.5 Å². The second kappa shape index (κ2) is 5.17. The van der Waals surface area contributed by atoms with E-state index < -0.39 is 12.1 Å². The summed E-state index contributed by atoms with van der Waals surface area (Å²) in [5.74, 6) is -0.491. The Labute approximate surface area is 77.2 Å². The fourth-order valence-electron chi connectivity index (χ4n) is 1.50. The fourth-order valence-corrected chi connectivity index (χ4v) is 1.50. The molecule has 4 heteroatoms. The summed E-state index contributed by atoms with van der Waals surface area (Å²) in [6.45, 7) is 1.36. The predicted molar refractivity (Wildman–Crippen MR) is 45.1 cm³/mol. The van der Waals surface area contributed by atoms with E-state index in [0.717, 1.165) is 12.8 Å². The first-order chi connectivity index (χ1) is 6.24. The maximum atomic E-state index is 13.1. The number of carbonyl (C=O) groups is 1. The first kappa shape index (κ1) is 10.4. The molecule has 0 N–H and O–H groups in total. The lowest BCUT2D eigenvalue weighted by Gasteiger charge is -2.22. The number of hydrogen-bond donors (Lipinski definition) is 0. The summed E-state index contributed by atoms with van der Waals surface area (Å²) in [6, 6.07) is 0. The van der Waals surface area contributed by atoms with Gasteiger partial charge in [-0.1, -0.05) is 0 Å². The summed E-state index contributed by atoms with van der Waals surface area (Å²) in [7, 11) is 1.21. The van der Waals surface area contributed by atoms with Crippen molar-refractivity contribution in [3.8, 4) is 0 Å². The minimum atomic E-state index is -1.46. The molecular formula is C9H15FO3. The van der Waals surface area contributed by atoms with Crippen LogP contribution in [0.5, 0.6) is 0 Å². The van der Waals surface area contributed by atoms with E-state index in [1.165, 1.54) is 7.11 Å². The molecule has 1 saturated heterocycles. The highest BCUT2D eigenvalue weighted by atomic mass is 19.1. The Morgan fingerprint density at radius 1 is 1.62 bits per heavy atom. The quantitative estimate of drug-likeness (QED) is 0.629. The average molecular weight is 190 g/mol. The second-order valence-electron chi connectivity index (χ2n) is 3.28. The molecule has 1 heterocycles. The van der Waals surface area contributed by atoms with Gasteiger partial charge < -0.3 is 9.47 Å². The molecule has 76 valence electrons. The molecule has 0 aliphatic carbocycles. The van der Waals surface area contributed by atoms with Gasteiger partial charge in [0.15, 0.2) is 6.17 Å². The minimum Gasteiger partial charge on any atom is -0.467 e. The summed E-state index contributed by atoms with van der Waals surface area (Å²) < 4.78 is 22.5. The Morgan fingerprint density at radius 2 is 2.23 bits per heavy atom. The van der Waals surface area contributed by atoms with Gasteiger partial charge in [-0.25, -0.2) is 9.18 Å². The molecule has 1 aliphatic heterocycles. The van der Waals surface area contributed by atoms with E-state index in [2.05, 4.69) is 4.74 Å². The SMILES string of the molecule is COC(=O)C(F)CC1CCOCC1. The number of alkyl halides is 1. The first-order valence-electron chi connectivity index (χ1n) is 4.53. The van der Waals surface area contributed by atoms with Crippen molar-refractivity contribution in [2.75, 3.05) is 20.3 Å². The molecule has 0 aromatic heterocycles. The lowest BCUT2D eigenvalue weighted by molar-refractivity contribution is -0.147. The number of rotatable bonds is 3. The zero-order valence-electron chi connectivity index (χ0n) is 7.79. The smallest absolute Gasteiger partial charge is 0.340 e. The first-order valence-corrected chi connectivity index (χ1v) is 4.53. The van der Waals surface area contributed by atoms with E-state index in [9.17, 15) is 9.18 Å². The third kappa shape index (κ3) is 3.30. The summed E-state index contributed by atoms with van der Waals surface area (Å²) in [4.78, 5) is 10.8. The van der Waals surface area contributed by atoms with Crippen molar-refractivity contribution in [3.05, 3.63) is 0 Å². The molecule has 0 aromatic carbocycles. The molecule has 0 bridgehead atoms. The number of esters is 1. The molecular weight excluding hydrogens is 175 g/mol. The maximum Gasteiger partial charge on any atom is 0.340 e.